The third kappa shape index (κ3) is 3.48. The molecule has 0 spiro atoms. The van der Waals surface area contributed by atoms with Crippen molar-refractivity contribution in [2.24, 2.45) is 0 Å². The van der Waals surface area contributed by atoms with Crippen molar-refractivity contribution in [3.8, 4) is 11.5 Å². The number of aromatic nitrogens is 2. The van der Waals surface area contributed by atoms with Gasteiger partial charge in [0, 0.05) is 38.7 Å². The maximum absolute atomic E-state index is 5.62. The molecule has 118 valence electrons. The van der Waals surface area contributed by atoms with E-state index in [1.807, 2.05) is 19.2 Å². The SMILES string of the molecule is COCCc1nsc(N(C)Cc2ccc3c(c2)OCCO3)n1. The van der Waals surface area contributed by atoms with Crippen molar-refractivity contribution in [2.45, 2.75) is 13.0 Å². The van der Waals surface area contributed by atoms with Gasteiger partial charge >= 0.3 is 0 Å². The Morgan fingerprint density at radius 3 is 2.91 bits per heavy atom. The molecule has 0 amide bonds. The molecule has 2 heterocycles. The van der Waals surface area contributed by atoms with Crippen LogP contribution in [0.4, 0.5) is 5.13 Å². The van der Waals surface area contributed by atoms with Crippen LogP contribution in [0.2, 0.25) is 0 Å². The number of anilines is 1. The molecule has 0 aliphatic carbocycles. The molecule has 0 saturated heterocycles. The van der Waals surface area contributed by atoms with Gasteiger partial charge in [0.05, 0.1) is 6.61 Å². The maximum atomic E-state index is 5.62. The molecule has 6 nitrogen and oxygen atoms in total. The van der Waals surface area contributed by atoms with Gasteiger partial charge in [-0.25, -0.2) is 4.98 Å². The minimum absolute atomic E-state index is 0.603. The molecule has 0 atom stereocenters. The summed E-state index contributed by atoms with van der Waals surface area (Å²) in [5.74, 6) is 2.46. The molecule has 1 aliphatic heterocycles. The zero-order chi connectivity index (χ0) is 15.4. The van der Waals surface area contributed by atoms with Crippen LogP contribution >= 0.6 is 11.5 Å². The normalized spacial score (nSPS) is 13.2. The Bertz CT molecular complexity index is 632. The summed E-state index contributed by atoms with van der Waals surface area (Å²) in [7, 11) is 3.69. The standard InChI is InChI=1S/C15H19N3O3S/c1-18(15-16-14(17-22-15)5-6-19-2)10-11-3-4-12-13(9-11)21-8-7-20-12/h3-4,9H,5-8,10H2,1-2H3. The lowest BCUT2D eigenvalue weighted by atomic mass is 10.2. The Hall–Kier alpha value is -1.86. The van der Waals surface area contributed by atoms with Crippen LogP contribution in [0.1, 0.15) is 11.4 Å². The van der Waals surface area contributed by atoms with Gasteiger partial charge in [0.25, 0.3) is 0 Å². The van der Waals surface area contributed by atoms with E-state index in [2.05, 4.69) is 20.3 Å². The molecule has 0 unspecified atom stereocenters. The number of methoxy groups -OCH3 is 1. The Labute approximate surface area is 133 Å². The van der Waals surface area contributed by atoms with E-state index in [9.17, 15) is 0 Å². The zero-order valence-corrected chi connectivity index (χ0v) is 13.6. The summed E-state index contributed by atoms with van der Waals surface area (Å²) in [6.07, 6.45) is 0.741. The van der Waals surface area contributed by atoms with E-state index < -0.39 is 0 Å². The fourth-order valence-electron chi connectivity index (χ4n) is 2.22. The third-order valence-corrected chi connectivity index (χ3v) is 4.21. The first-order valence-electron chi connectivity index (χ1n) is 7.17. The molecule has 7 heteroatoms. The van der Waals surface area contributed by atoms with E-state index in [1.54, 1.807) is 7.11 Å². The van der Waals surface area contributed by atoms with Crippen LogP contribution in [0.3, 0.4) is 0 Å². The van der Waals surface area contributed by atoms with Crippen LogP contribution in [-0.4, -0.2) is 43.3 Å². The van der Waals surface area contributed by atoms with Crippen LogP contribution in [0.15, 0.2) is 18.2 Å². The predicted molar refractivity (Wildman–Crippen MR) is 85.0 cm³/mol. The summed E-state index contributed by atoms with van der Waals surface area (Å²) in [5, 5.41) is 0.904. The number of rotatable bonds is 6. The van der Waals surface area contributed by atoms with E-state index in [0.717, 1.165) is 41.0 Å². The molecule has 0 bridgehead atoms. The van der Waals surface area contributed by atoms with Gasteiger partial charge in [-0.15, -0.1) is 0 Å². The molecule has 1 aromatic carbocycles. The quantitative estimate of drug-likeness (QED) is 0.812. The predicted octanol–water partition coefficient (Wildman–Crippen LogP) is 2.13. The molecule has 0 fully saturated rings. The number of ether oxygens (including phenoxy) is 3. The second-order valence-corrected chi connectivity index (χ2v) is 5.80. The minimum atomic E-state index is 0.603. The lowest BCUT2D eigenvalue weighted by Gasteiger charge is -2.20. The second-order valence-electron chi connectivity index (χ2n) is 5.07. The lowest BCUT2D eigenvalue weighted by molar-refractivity contribution is 0.171. The van der Waals surface area contributed by atoms with Crippen molar-refractivity contribution in [3.05, 3.63) is 29.6 Å². The summed E-state index contributed by atoms with van der Waals surface area (Å²) in [6, 6.07) is 6.04. The molecule has 1 aliphatic rings. The molecule has 0 radical (unpaired) electrons. The van der Waals surface area contributed by atoms with Crippen molar-refractivity contribution < 1.29 is 14.2 Å². The van der Waals surface area contributed by atoms with Crippen molar-refractivity contribution in [2.75, 3.05) is 38.9 Å². The fourth-order valence-corrected chi connectivity index (χ4v) is 2.89. The highest BCUT2D eigenvalue weighted by molar-refractivity contribution is 7.09. The van der Waals surface area contributed by atoms with Gasteiger partial charge in [0.1, 0.15) is 19.0 Å². The van der Waals surface area contributed by atoms with Gasteiger partial charge in [-0.05, 0) is 17.7 Å². The molecule has 0 N–H and O–H groups in total. The van der Waals surface area contributed by atoms with Crippen molar-refractivity contribution in [1.29, 1.82) is 0 Å². The van der Waals surface area contributed by atoms with Crippen LogP contribution in [0, 0.1) is 0 Å². The highest BCUT2D eigenvalue weighted by atomic mass is 32.1. The van der Waals surface area contributed by atoms with E-state index in [4.69, 9.17) is 14.2 Å². The minimum Gasteiger partial charge on any atom is -0.486 e. The van der Waals surface area contributed by atoms with E-state index >= 15 is 0 Å². The molecular formula is C15H19N3O3S. The smallest absolute Gasteiger partial charge is 0.205 e. The van der Waals surface area contributed by atoms with Gasteiger partial charge < -0.3 is 19.1 Å². The zero-order valence-electron chi connectivity index (χ0n) is 12.7. The summed E-state index contributed by atoms with van der Waals surface area (Å²) < 4.78 is 20.6. The Balaban J connectivity index is 1.66. The first-order chi connectivity index (χ1) is 10.8. The average Bonchev–Trinajstić information content (AvgIpc) is 3.02. The van der Waals surface area contributed by atoms with Crippen LogP contribution in [0.5, 0.6) is 11.5 Å². The van der Waals surface area contributed by atoms with E-state index in [-0.39, 0.29) is 0 Å². The third-order valence-electron chi connectivity index (χ3n) is 3.34. The second kappa shape index (κ2) is 6.93. The first-order valence-corrected chi connectivity index (χ1v) is 7.95. The average molecular weight is 321 g/mol. The van der Waals surface area contributed by atoms with Gasteiger partial charge in [0.15, 0.2) is 11.5 Å². The topological polar surface area (TPSA) is 56.7 Å². The van der Waals surface area contributed by atoms with E-state index in [1.165, 1.54) is 11.5 Å². The summed E-state index contributed by atoms with van der Waals surface area (Å²) >= 11 is 1.41. The van der Waals surface area contributed by atoms with Crippen molar-refractivity contribution >= 4 is 16.7 Å². The monoisotopic (exact) mass is 321 g/mol. The largest absolute Gasteiger partial charge is 0.486 e. The Kier molecular flexibility index (Phi) is 4.74. The number of hydrogen-bond donors (Lipinski definition) is 0. The number of benzene rings is 1. The number of fused-ring (bicyclic) bond motifs is 1. The fraction of sp³-hybridized carbons (Fsp3) is 0.467. The maximum Gasteiger partial charge on any atom is 0.205 e. The summed E-state index contributed by atoms with van der Waals surface area (Å²) in [6.45, 7) is 2.60. The highest BCUT2D eigenvalue weighted by Gasteiger charge is 2.14. The van der Waals surface area contributed by atoms with Crippen LogP contribution < -0.4 is 14.4 Å². The molecular weight excluding hydrogens is 302 g/mol. The van der Waals surface area contributed by atoms with Crippen LogP contribution in [-0.2, 0) is 17.7 Å². The van der Waals surface area contributed by atoms with Gasteiger partial charge in [0.2, 0.25) is 5.13 Å². The van der Waals surface area contributed by atoms with Crippen molar-refractivity contribution in [1.82, 2.24) is 9.36 Å². The van der Waals surface area contributed by atoms with E-state index in [0.29, 0.717) is 19.8 Å². The first kappa shape index (κ1) is 15.1. The molecule has 22 heavy (non-hydrogen) atoms. The van der Waals surface area contributed by atoms with Gasteiger partial charge in [-0.3, -0.25) is 0 Å². The number of hydrogen-bond acceptors (Lipinski definition) is 7. The molecule has 2 aromatic rings. The van der Waals surface area contributed by atoms with Gasteiger partial charge in [-0.2, -0.15) is 4.37 Å². The highest BCUT2D eigenvalue weighted by Crippen LogP contribution is 2.31. The van der Waals surface area contributed by atoms with Crippen LogP contribution in [0.25, 0.3) is 0 Å². The number of nitrogens with zero attached hydrogens (tertiary/aromatic N) is 3. The molecule has 0 saturated carbocycles. The molecule has 1 aromatic heterocycles. The molecule has 3 rings (SSSR count). The summed E-state index contributed by atoms with van der Waals surface area (Å²) in [4.78, 5) is 6.61. The lowest BCUT2D eigenvalue weighted by Crippen LogP contribution is -2.18. The Morgan fingerprint density at radius 2 is 2.09 bits per heavy atom. The van der Waals surface area contributed by atoms with Crippen molar-refractivity contribution in [3.63, 3.8) is 0 Å². The summed E-state index contributed by atoms with van der Waals surface area (Å²) in [5.41, 5.74) is 1.15. The van der Waals surface area contributed by atoms with Gasteiger partial charge in [-0.1, -0.05) is 6.07 Å². The Morgan fingerprint density at radius 1 is 1.27 bits per heavy atom.